The Labute approximate surface area is 161 Å². The largest absolute Gasteiger partial charge is 0.357 e. The number of hydrogen-bond acceptors (Lipinski definition) is 2. The zero-order chi connectivity index (χ0) is 15.0. The lowest BCUT2D eigenvalue weighted by atomic mass is 9.61. The molecule has 7 rings (SSSR count). The van der Waals surface area contributed by atoms with E-state index in [1.54, 1.807) is 11.3 Å². The van der Waals surface area contributed by atoms with Gasteiger partial charge >= 0.3 is 0 Å². The van der Waals surface area contributed by atoms with Crippen LogP contribution in [0.2, 0.25) is 0 Å². The summed E-state index contributed by atoms with van der Waals surface area (Å²) in [5, 5.41) is 5.38. The quantitative estimate of drug-likeness (QED) is 0.722. The Hall–Kier alpha value is -0.740. The molecule has 5 aliphatic rings. The standard InChI is InChI=1S/C20H25N3.2ClH/c1-2-6-16-12(4-1)13-9-11-23-17-8-7-15(20(23)19(13)22-16)18-14(17)5-3-10-21-18;;/h1-2,4,6,14-15,17-18,20-22H,3,5,7-11H2;2*1H/t14-,15?,17?,18-,20+;;/m0../s1. The normalized spacial score (nSPS) is 35.9. The van der Waals surface area contributed by atoms with Gasteiger partial charge in [0.2, 0.25) is 0 Å². The molecule has 5 atom stereocenters. The predicted molar refractivity (Wildman–Crippen MR) is 107 cm³/mol. The van der Waals surface area contributed by atoms with Gasteiger partial charge in [-0.2, -0.15) is 0 Å². The summed E-state index contributed by atoms with van der Waals surface area (Å²) in [5.74, 6) is 1.71. The lowest BCUT2D eigenvalue weighted by molar-refractivity contribution is -0.0920. The molecule has 3 nitrogen and oxygen atoms in total. The monoisotopic (exact) mass is 379 g/mol. The minimum atomic E-state index is 0. The summed E-state index contributed by atoms with van der Waals surface area (Å²) in [6.07, 6.45) is 6.89. The topological polar surface area (TPSA) is 31.1 Å². The molecule has 0 amide bonds. The molecule has 5 heteroatoms. The number of H-pyrrole nitrogens is 1. The van der Waals surface area contributed by atoms with Gasteiger partial charge < -0.3 is 10.3 Å². The minimum Gasteiger partial charge on any atom is -0.357 e. The van der Waals surface area contributed by atoms with Crippen LogP contribution in [0, 0.1) is 11.8 Å². The number of hydrogen-bond donors (Lipinski definition) is 2. The average molecular weight is 380 g/mol. The van der Waals surface area contributed by atoms with Crippen LogP contribution in [-0.4, -0.2) is 35.1 Å². The van der Waals surface area contributed by atoms with Crippen LogP contribution in [0.3, 0.4) is 0 Å². The summed E-state index contributed by atoms with van der Waals surface area (Å²) >= 11 is 0. The molecule has 1 aromatic carbocycles. The van der Waals surface area contributed by atoms with Crippen molar-refractivity contribution in [1.29, 1.82) is 0 Å². The third kappa shape index (κ3) is 2.32. The average Bonchev–Trinajstić information content (AvgIpc) is 3.01. The molecule has 136 valence electrons. The maximum absolute atomic E-state index is 3.91. The maximum Gasteiger partial charge on any atom is 0.0547 e. The van der Waals surface area contributed by atoms with Gasteiger partial charge in [-0.25, -0.2) is 0 Å². The molecule has 4 aliphatic heterocycles. The van der Waals surface area contributed by atoms with Gasteiger partial charge in [-0.15, -0.1) is 24.8 Å². The number of rotatable bonds is 0. The number of nitrogens with one attached hydrogen (secondary N) is 2. The van der Waals surface area contributed by atoms with Crippen molar-refractivity contribution in [2.24, 2.45) is 11.8 Å². The molecule has 5 heterocycles. The van der Waals surface area contributed by atoms with Gasteiger partial charge in [0, 0.05) is 35.2 Å². The van der Waals surface area contributed by atoms with E-state index in [2.05, 4.69) is 39.5 Å². The van der Waals surface area contributed by atoms with Crippen LogP contribution >= 0.6 is 24.8 Å². The van der Waals surface area contributed by atoms with E-state index in [0.717, 1.165) is 23.9 Å². The Morgan fingerprint density at radius 1 is 1.00 bits per heavy atom. The molecule has 1 aliphatic carbocycles. The highest BCUT2D eigenvalue weighted by atomic mass is 35.5. The van der Waals surface area contributed by atoms with Crippen LogP contribution < -0.4 is 5.32 Å². The lowest BCUT2D eigenvalue weighted by Gasteiger charge is -2.61. The lowest BCUT2D eigenvalue weighted by Crippen LogP contribution is -2.67. The van der Waals surface area contributed by atoms with Gasteiger partial charge in [0.15, 0.2) is 0 Å². The molecule has 3 saturated heterocycles. The fraction of sp³-hybridized carbons (Fsp3) is 0.600. The fourth-order valence-corrected chi connectivity index (χ4v) is 6.48. The number of aromatic nitrogens is 1. The number of aromatic amines is 1. The first-order valence-corrected chi connectivity index (χ1v) is 9.50. The second-order valence-electron chi connectivity index (χ2n) is 8.09. The van der Waals surface area contributed by atoms with E-state index < -0.39 is 0 Å². The molecular weight excluding hydrogens is 353 g/mol. The van der Waals surface area contributed by atoms with Gasteiger partial charge in [0.1, 0.15) is 0 Å². The number of fused-ring (bicyclic) bond motifs is 4. The number of nitrogens with zero attached hydrogens (tertiary/aromatic N) is 1. The third-order valence-electron chi connectivity index (χ3n) is 7.26. The highest BCUT2D eigenvalue weighted by Crippen LogP contribution is 2.54. The summed E-state index contributed by atoms with van der Waals surface area (Å²) in [4.78, 5) is 6.72. The highest BCUT2D eigenvalue weighted by Gasteiger charge is 2.55. The molecular formula is C20H27Cl2N3. The van der Waals surface area contributed by atoms with E-state index in [-0.39, 0.29) is 24.8 Å². The first-order valence-electron chi connectivity index (χ1n) is 9.50. The van der Waals surface area contributed by atoms with Crippen LogP contribution in [-0.2, 0) is 6.42 Å². The van der Waals surface area contributed by atoms with E-state index in [1.807, 2.05) is 0 Å². The summed E-state index contributed by atoms with van der Waals surface area (Å²) < 4.78 is 0. The van der Waals surface area contributed by atoms with Crippen LogP contribution in [0.4, 0.5) is 0 Å². The van der Waals surface area contributed by atoms with E-state index in [9.17, 15) is 0 Å². The Bertz CT molecular complexity index is 773. The Balaban J connectivity index is 0.000000784. The number of piperidine rings is 3. The Kier molecular flexibility index (Phi) is 4.56. The summed E-state index contributed by atoms with van der Waals surface area (Å²) in [5.41, 5.74) is 4.51. The molecule has 25 heavy (non-hydrogen) atoms. The highest BCUT2D eigenvalue weighted by molar-refractivity contribution is 5.86. The first kappa shape index (κ1) is 17.7. The van der Waals surface area contributed by atoms with Crippen molar-refractivity contribution < 1.29 is 0 Å². The van der Waals surface area contributed by atoms with Crippen molar-refractivity contribution in [3.05, 3.63) is 35.5 Å². The van der Waals surface area contributed by atoms with Crippen molar-refractivity contribution >= 4 is 35.7 Å². The molecule has 2 unspecified atom stereocenters. The molecule has 0 spiro atoms. The van der Waals surface area contributed by atoms with E-state index >= 15 is 0 Å². The van der Waals surface area contributed by atoms with Gasteiger partial charge in [-0.3, -0.25) is 4.90 Å². The molecule has 1 aromatic heterocycles. The zero-order valence-corrected chi connectivity index (χ0v) is 16.0. The smallest absolute Gasteiger partial charge is 0.0547 e. The Morgan fingerprint density at radius 3 is 2.80 bits per heavy atom. The van der Waals surface area contributed by atoms with Gasteiger partial charge in [0.05, 0.1) is 6.04 Å². The molecule has 1 saturated carbocycles. The first-order chi connectivity index (χ1) is 11.4. The van der Waals surface area contributed by atoms with Gasteiger partial charge in [-0.05, 0) is 62.1 Å². The van der Waals surface area contributed by atoms with Crippen molar-refractivity contribution in [3.63, 3.8) is 0 Å². The van der Waals surface area contributed by atoms with E-state index in [0.29, 0.717) is 6.04 Å². The minimum absolute atomic E-state index is 0. The molecule has 2 N–H and O–H groups in total. The summed E-state index contributed by atoms with van der Waals surface area (Å²) in [6.45, 7) is 2.50. The van der Waals surface area contributed by atoms with Gasteiger partial charge in [0.25, 0.3) is 0 Å². The fourth-order valence-electron chi connectivity index (χ4n) is 6.48. The van der Waals surface area contributed by atoms with Crippen LogP contribution in [0.25, 0.3) is 10.9 Å². The van der Waals surface area contributed by atoms with Crippen molar-refractivity contribution in [1.82, 2.24) is 15.2 Å². The maximum atomic E-state index is 3.91. The SMILES string of the molecule is Cl.Cl.c1ccc2c3c([nH]c2c1)[C@H]1C2CCC([C@@H]4CCCN[C@H]24)N1CC3. The predicted octanol–water partition coefficient (Wildman–Crippen LogP) is 4.07. The van der Waals surface area contributed by atoms with E-state index in [1.165, 1.54) is 56.1 Å². The van der Waals surface area contributed by atoms with Crippen LogP contribution in [0.15, 0.2) is 24.3 Å². The Morgan fingerprint density at radius 2 is 1.88 bits per heavy atom. The van der Waals surface area contributed by atoms with Crippen molar-refractivity contribution in [2.75, 3.05) is 13.1 Å². The molecule has 4 fully saturated rings. The molecule has 2 aromatic rings. The second-order valence-corrected chi connectivity index (χ2v) is 8.09. The van der Waals surface area contributed by atoms with E-state index in [4.69, 9.17) is 0 Å². The number of benzene rings is 1. The summed E-state index contributed by atoms with van der Waals surface area (Å²) in [6, 6.07) is 11.1. The van der Waals surface area contributed by atoms with Crippen molar-refractivity contribution in [3.8, 4) is 0 Å². The van der Waals surface area contributed by atoms with Crippen LogP contribution in [0.1, 0.15) is 43.0 Å². The third-order valence-corrected chi connectivity index (χ3v) is 7.26. The van der Waals surface area contributed by atoms with Gasteiger partial charge in [-0.1, -0.05) is 18.2 Å². The summed E-state index contributed by atoms with van der Waals surface area (Å²) in [7, 11) is 0. The van der Waals surface area contributed by atoms with Crippen LogP contribution in [0.5, 0.6) is 0 Å². The number of halogens is 2. The zero-order valence-electron chi connectivity index (χ0n) is 14.4. The van der Waals surface area contributed by atoms with Crippen molar-refractivity contribution in [2.45, 2.75) is 50.2 Å². The second kappa shape index (κ2) is 6.45. The molecule has 0 radical (unpaired) electrons. The number of para-hydroxylation sites is 1. The molecule has 2 bridgehead atoms.